The topological polar surface area (TPSA) is 9.23 Å². The van der Waals surface area contributed by atoms with Crippen molar-refractivity contribution in [3.05, 3.63) is 84.9 Å². The van der Waals surface area contributed by atoms with Crippen LogP contribution in [0.25, 0.3) is 0 Å². The maximum Gasteiger partial charge on any atom is 0.150 e. The molecule has 3 unspecified atom stereocenters. The largest absolute Gasteiger partial charge is 0.493 e. The third-order valence-electron chi connectivity index (χ3n) is 8.83. The Kier molecular flexibility index (Phi) is 11.5. The maximum absolute atomic E-state index is 6.59. The van der Waals surface area contributed by atoms with Crippen LogP contribution in [0.3, 0.4) is 0 Å². The molecule has 2 heteroatoms. The van der Waals surface area contributed by atoms with E-state index < -0.39 is 8.07 Å². The predicted molar refractivity (Wildman–Crippen MR) is 184 cm³/mol. The van der Waals surface area contributed by atoms with Gasteiger partial charge in [-0.05, 0) is 81.1 Å². The Bertz CT molecular complexity index is 1110. The second-order valence-electron chi connectivity index (χ2n) is 15.5. The molecule has 1 nitrogen and oxygen atoms in total. The molecule has 0 radical (unpaired) electrons. The zero-order valence-electron chi connectivity index (χ0n) is 27.8. The zero-order chi connectivity index (χ0) is 30.3. The average Bonchev–Trinajstić information content (AvgIpc) is 2.89. The fourth-order valence-electron chi connectivity index (χ4n) is 7.23. The number of rotatable bonds is 13. The summed E-state index contributed by atoms with van der Waals surface area (Å²) in [5.74, 6) is 2.93. The van der Waals surface area contributed by atoms with E-state index in [0.29, 0.717) is 28.2 Å². The normalized spacial score (nSPS) is 15.0. The van der Waals surface area contributed by atoms with E-state index in [1.807, 2.05) is 0 Å². The van der Waals surface area contributed by atoms with E-state index in [0.717, 1.165) is 18.3 Å². The monoisotopic (exact) mass is 570 g/mol. The van der Waals surface area contributed by atoms with Crippen LogP contribution in [0.5, 0.6) is 5.75 Å². The van der Waals surface area contributed by atoms with Crippen LogP contribution in [0.4, 0.5) is 0 Å². The Morgan fingerprint density at radius 2 is 1.05 bits per heavy atom. The summed E-state index contributed by atoms with van der Waals surface area (Å²) in [5, 5.41) is 4.39. The minimum atomic E-state index is -2.21. The highest BCUT2D eigenvalue weighted by atomic mass is 28.3. The molecule has 0 saturated heterocycles. The third-order valence-corrected chi connectivity index (χ3v) is 14.3. The van der Waals surface area contributed by atoms with Crippen molar-refractivity contribution in [1.29, 1.82) is 0 Å². The zero-order valence-corrected chi connectivity index (χ0v) is 28.8. The number of hydrogen-bond acceptors (Lipinski definition) is 1. The Balaban J connectivity index is 1.84. The fraction of sp³-hybridized carbons (Fsp3) is 0.538. The minimum Gasteiger partial charge on any atom is -0.493 e. The molecule has 3 aromatic rings. The number of ether oxygens (including phenoxy) is 1. The minimum absolute atomic E-state index is 0.329. The molecule has 0 fully saturated rings. The van der Waals surface area contributed by atoms with Crippen molar-refractivity contribution in [3.63, 3.8) is 0 Å². The van der Waals surface area contributed by atoms with E-state index in [-0.39, 0.29) is 0 Å². The van der Waals surface area contributed by atoms with Crippen LogP contribution >= 0.6 is 0 Å². The lowest BCUT2D eigenvalue weighted by molar-refractivity contribution is 0.147. The summed E-state index contributed by atoms with van der Waals surface area (Å²) in [7, 11) is -2.21. The van der Waals surface area contributed by atoms with Gasteiger partial charge in [0.2, 0.25) is 0 Å². The molecule has 0 aliphatic carbocycles. The van der Waals surface area contributed by atoms with Crippen LogP contribution in [-0.4, -0.2) is 14.7 Å². The standard InChI is InChI=1S/C39H58OSi/c1-30(2)41(35-17-13-11-14-18-35,36-19-15-12-16-20-36)37-25-23-34(24-26-37)40-29-33(32(4)28-39(8,9)10)22-21-31(3)27-38(5,6)7/h11-20,23-26,30-33H,21-22,27-29H2,1-10H3. The van der Waals surface area contributed by atoms with E-state index in [2.05, 4.69) is 154 Å². The Morgan fingerprint density at radius 1 is 0.585 bits per heavy atom. The van der Waals surface area contributed by atoms with E-state index in [1.165, 1.54) is 41.2 Å². The molecule has 3 aromatic carbocycles. The van der Waals surface area contributed by atoms with E-state index >= 15 is 0 Å². The van der Waals surface area contributed by atoms with Crippen LogP contribution in [0.1, 0.15) is 94.9 Å². The van der Waals surface area contributed by atoms with Crippen molar-refractivity contribution in [2.45, 2.75) is 100 Å². The molecule has 0 saturated carbocycles. The van der Waals surface area contributed by atoms with Gasteiger partial charge in [0.15, 0.2) is 8.07 Å². The molecule has 0 aliphatic rings. The van der Waals surface area contributed by atoms with Crippen molar-refractivity contribution >= 4 is 23.6 Å². The fourth-order valence-corrected chi connectivity index (χ4v) is 12.4. The van der Waals surface area contributed by atoms with Crippen molar-refractivity contribution < 1.29 is 4.74 Å². The molecule has 41 heavy (non-hydrogen) atoms. The highest BCUT2D eigenvalue weighted by Gasteiger charge is 2.42. The van der Waals surface area contributed by atoms with E-state index in [9.17, 15) is 0 Å². The molecular formula is C39H58OSi. The first kappa shape index (κ1) is 33.2. The molecule has 0 aliphatic heterocycles. The Hall–Kier alpha value is -2.32. The van der Waals surface area contributed by atoms with Gasteiger partial charge in [-0.15, -0.1) is 0 Å². The van der Waals surface area contributed by atoms with Crippen molar-refractivity contribution in [2.24, 2.45) is 28.6 Å². The van der Waals surface area contributed by atoms with Gasteiger partial charge in [-0.1, -0.05) is 148 Å². The molecule has 224 valence electrons. The van der Waals surface area contributed by atoms with Gasteiger partial charge in [-0.3, -0.25) is 0 Å². The van der Waals surface area contributed by atoms with Crippen LogP contribution in [0.15, 0.2) is 84.9 Å². The third kappa shape index (κ3) is 9.33. The molecule has 0 amide bonds. The molecule has 0 N–H and O–H groups in total. The lowest BCUT2D eigenvalue weighted by atomic mass is 9.76. The summed E-state index contributed by atoms with van der Waals surface area (Å²) >= 11 is 0. The lowest BCUT2D eigenvalue weighted by Gasteiger charge is -2.37. The van der Waals surface area contributed by atoms with Crippen molar-refractivity contribution in [2.75, 3.05) is 6.61 Å². The molecule has 0 spiro atoms. The highest BCUT2D eigenvalue weighted by molar-refractivity contribution is 7.12. The first-order valence-electron chi connectivity index (χ1n) is 16.1. The smallest absolute Gasteiger partial charge is 0.150 e. The summed E-state index contributed by atoms with van der Waals surface area (Å²) in [6, 6.07) is 31.6. The first-order valence-corrected chi connectivity index (χ1v) is 18.1. The number of hydrogen-bond donors (Lipinski definition) is 0. The van der Waals surface area contributed by atoms with Crippen LogP contribution in [-0.2, 0) is 0 Å². The van der Waals surface area contributed by atoms with Crippen molar-refractivity contribution in [3.8, 4) is 5.75 Å². The highest BCUT2D eigenvalue weighted by Crippen LogP contribution is 2.34. The SMILES string of the molecule is CC(CCC(COc1ccc([Si](c2ccccc2)(c2ccccc2)C(C)C)cc1)C(C)CC(C)(C)C)CC(C)(C)C. The van der Waals surface area contributed by atoms with Gasteiger partial charge >= 0.3 is 0 Å². The average molecular weight is 571 g/mol. The summed E-state index contributed by atoms with van der Waals surface area (Å²) < 4.78 is 6.59. The summed E-state index contributed by atoms with van der Waals surface area (Å²) in [5.41, 5.74) is 1.23. The first-order chi connectivity index (χ1) is 19.2. The number of benzene rings is 3. The van der Waals surface area contributed by atoms with E-state index in [1.54, 1.807) is 0 Å². The molecule has 3 rings (SSSR count). The summed E-state index contributed by atoms with van der Waals surface area (Å²) in [6.07, 6.45) is 5.01. The Labute approximate surface area is 254 Å². The predicted octanol–water partition coefficient (Wildman–Crippen LogP) is 9.49. The van der Waals surface area contributed by atoms with Gasteiger partial charge in [0, 0.05) is 0 Å². The lowest BCUT2D eigenvalue weighted by Crippen LogP contribution is -2.68. The maximum atomic E-state index is 6.59. The van der Waals surface area contributed by atoms with Crippen LogP contribution in [0, 0.1) is 28.6 Å². The van der Waals surface area contributed by atoms with Gasteiger partial charge in [-0.25, -0.2) is 0 Å². The van der Waals surface area contributed by atoms with Gasteiger partial charge in [0.25, 0.3) is 0 Å². The molecule has 0 bridgehead atoms. The summed E-state index contributed by atoms with van der Waals surface area (Å²) in [4.78, 5) is 0. The quantitative estimate of drug-likeness (QED) is 0.147. The molecule has 3 atom stereocenters. The van der Waals surface area contributed by atoms with Crippen LogP contribution in [0.2, 0.25) is 5.54 Å². The van der Waals surface area contributed by atoms with Crippen LogP contribution < -0.4 is 20.3 Å². The second kappa shape index (κ2) is 14.2. The van der Waals surface area contributed by atoms with Gasteiger partial charge < -0.3 is 4.74 Å². The molecule has 0 aromatic heterocycles. The van der Waals surface area contributed by atoms with Gasteiger partial charge in [0.1, 0.15) is 5.75 Å². The van der Waals surface area contributed by atoms with Gasteiger partial charge in [-0.2, -0.15) is 0 Å². The second-order valence-corrected chi connectivity index (χ2v) is 20.0. The van der Waals surface area contributed by atoms with Gasteiger partial charge in [0.05, 0.1) is 6.61 Å². The Morgan fingerprint density at radius 3 is 1.49 bits per heavy atom. The summed E-state index contributed by atoms with van der Waals surface area (Å²) in [6.45, 7) is 24.7. The molecular weight excluding hydrogens is 513 g/mol. The molecule has 0 heterocycles. The van der Waals surface area contributed by atoms with Crippen molar-refractivity contribution in [1.82, 2.24) is 0 Å². The van der Waals surface area contributed by atoms with E-state index in [4.69, 9.17) is 4.74 Å².